The predicted octanol–water partition coefficient (Wildman–Crippen LogP) is 2.10. The highest BCUT2D eigenvalue weighted by Crippen LogP contribution is 2.26. The molecular formula is C16H19NO4. The summed E-state index contributed by atoms with van der Waals surface area (Å²) in [6.45, 7) is 0.205. The number of hydrogen-bond donors (Lipinski definition) is 2. The van der Waals surface area contributed by atoms with Crippen molar-refractivity contribution < 1.29 is 19.3 Å². The van der Waals surface area contributed by atoms with Gasteiger partial charge < -0.3 is 25.1 Å². The summed E-state index contributed by atoms with van der Waals surface area (Å²) < 4.78 is 16.1. The first-order valence-corrected chi connectivity index (χ1v) is 6.62. The fraction of sp³-hybridized carbons (Fsp3) is 0.250. The smallest absolute Gasteiger partial charge is 0.161 e. The van der Waals surface area contributed by atoms with Crippen molar-refractivity contribution in [3.05, 3.63) is 48.5 Å². The van der Waals surface area contributed by atoms with E-state index in [9.17, 15) is 5.11 Å². The van der Waals surface area contributed by atoms with Crippen LogP contribution >= 0.6 is 0 Å². The predicted molar refractivity (Wildman–Crippen MR) is 80.8 cm³/mol. The van der Waals surface area contributed by atoms with Crippen LogP contribution in [0.2, 0.25) is 0 Å². The van der Waals surface area contributed by atoms with Crippen molar-refractivity contribution in [2.75, 3.05) is 26.1 Å². The van der Waals surface area contributed by atoms with E-state index in [0.29, 0.717) is 22.9 Å². The normalized spacial score (nSPS) is 11.7. The van der Waals surface area contributed by atoms with Crippen LogP contribution in [0.5, 0.6) is 17.2 Å². The number of aliphatic hydroxyl groups excluding tert-OH is 1. The molecule has 1 atom stereocenters. The van der Waals surface area contributed by atoms with Crippen LogP contribution in [0, 0.1) is 0 Å². The zero-order valence-corrected chi connectivity index (χ0v) is 11.9. The number of nitrogen functional groups attached to an aromatic ring is 1. The van der Waals surface area contributed by atoms with E-state index in [1.54, 1.807) is 31.4 Å². The number of hydrogen-bond acceptors (Lipinski definition) is 5. The van der Waals surface area contributed by atoms with E-state index < -0.39 is 6.10 Å². The lowest BCUT2D eigenvalue weighted by atomic mass is 10.3. The van der Waals surface area contributed by atoms with Crippen LogP contribution in [0.1, 0.15) is 0 Å². The van der Waals surface area contributed by atoms with Crippen LogP contribution in [0.3, 0.4) is 0 Å². The van der Waals surface area contributed by atoms with E-state index in [1.165, 1.54) is 0 Å². The quantitative estimate of drug-likeness (QED) is 0.764. The van der Waals surface area contributed by atoms with E-state index in [-0.39, 0.29) is 13.2 Å². The van der Waals surface area contributed by atoms with Gasteiger partial charge in [-0.05, 0) is 24.3 Å². The number of anilines is 1. The van der Waals surface area contributed by atoms with Gasteiger partial charge in [0, 0.05) is 0 Å². The lowest BCUT2D eigenvalue weighted by Gasteiger charge is -2.15. The highest BCUT2D eigenvalue weighted by atomic mass is 16.5. The van der Waals surface area contributed by atoms with E-state index in [4.69, 9.17) is 19.9 Å². The molecule has 0 bridgehead atoms. The second-order valence-corrected chi connectivity index (χ2v) is 4.46. The van der Waals surface area contributed by atoms with Gasteiger partial charge in [-0.1, -0.05) is 24.3 Å². The molecule has 112 valence electrons. The number of aliphatic hydroxyl groups is 1. The van der Waals surface area contributed by atoms with Gasteiger partial charge >= 0.3 is 0 Å². The summed E-state index contributed by atoms with van der Waals surface area (Å²) in [4.78, 5) is 0. The molecule has 0 aromatic heterocycles. The standard InChI is InChI=1S/C16H19NO4/c1-19-15-8-4-5-9-16(15)21-11-12(18)10-20-14-7-3-2-6-13(14)17/h2-9,12,18H,10-11,17H2,1H3. The van der Waals surface area contributed by atoms with Crippen molar-refractivity contribution in [1.82, 2.24) is 0 Å². The number of benzene rings is 2. The molecule has 0 aliphatic heterocycles. The Morgan fingerprint density at radius 2 is 1.43 bits per heavy atom. The molecule has 0 aliphatic carbocycles. The zero-order chi connectivity index (χ0) is 15.1. The molecule has 0 spiro atoms. The molecule has 0 amide bonds. The van der Waals surface area contributed by atoms with Gasteiger partial charge in [-0.25, -0.2) is 0 Å². The second kappa shape index (κ2) is 7.40. The van der Waals surface area contributed by atoms with Gasteiger partial charge in [0.2, 0.25) is 0 Å². The summed E-state index contributed by atoms with van der Waals surface area (Å²) in [5.74, 6) is 1.75. The minimum atomic E-state index is -0.769. The largest absolute Gasteiger partial charge is 0.493 e. The monoisotopic (exact) mass is 289 g/mol. The van der Waals surface area contributed by atoms with Crippen LogP contribution in [-0.2, 0) is 0 Å². The van der Waals surface area contributed by atoms with Crippen molar-refractivity contribution in [3.63, 3.8) is 0 Å². The lowest BCUT2D eigenvalue weighted by Crippen LogP contribution is -2.25. The number of nitrogens with two attached hydrogens (primary N) is 1. The second-order valence-electron chi connectivity index (χ2n) is 4.46. The lowest BCUT2D eigenvalue weighted by molar-refractivity contribution is 0.0619. The molecule has 0 saturated carbocycles. The molecule has 3 N–H and O–H groups in total. The third-order valence-electron chi connectivity index (χ3n) is 2.85. The van der Waals surface area contributed by atoms with Gasteiger partial charge in [0.15, 0.2) is 11.5 Å². The van der Waals surface area contributed by atoms with Gasteiger partial charge in [-0.3, -0.25) is 0 Å². The summed E-state index contributed by atoms with van der Waals surface area (Å²) in [6.07, 6.45) is -0.769. The Morgan fingerprint density at radius 1 is 0.905 bits per heavy atom. The Bertz CT molecular complexity index is 574. The maximum atomic E-state index is 9.89. The maximum Gasteiger partial charge on any atom is 0.161 e. The fourth-order valence-electron chi connectivity index (χ4n) is 1.77. The summed E-state index contributed by atoms with van der Waals surface area (Å²) in [5, 5.41) is 9.89. The van der Waals surface area contributed by atoms with Crippen molar-refractivity contribution in [2.24, 2.45) is 0 Å². The first kappa shape index (κ1) is 15.0. The Kier molecular flexibility index (Phi) is 5.29. The third kappa shape index (κ3) is 4.29. The molecule has 0 aliphatic rings. The van der Waals surface area contributed by atoms with Crippen molar-refractivity contribution in [3.8, 4) is 17.2 Å². The van der Waals surface area contributed by atoms with Crippen LogP contribution in [0.25, 0.3) is 0 Å². The first-order valence-electron chi connectivity index (χ1n) is 6.62. The summed E-state index contributed by atoms with van der Waals surface area (Å²) >= 11 is 0. The summed E-state index contributed by atoms with van der Waals surface area (Å²) in [7, 11) is 1.57. The Labute approximate surface area is 123 Å². The number of rotatable bonds is 7. The summed E-state index contributed by atoms with van der Waals surface area (Å²) in [5.41, 5.74) is 6.29. The molecule has 5 heteroatoms. The van der Waals surface area contributed by atoms with Crippen molar-refractivity contribution in [2.45, 2.75) is 6.10 Å². The molecule has 2 aromatic rings. The van der Waals surface area contributed by atoms with Crippen molar-refractivity contribution >= 4 is 5.69 Å². The van der Waals surface area contributed by atoms with E-state index in [1.807, 2.05) is 24.3 Å². The number of ether oxygens (including phenoxy) is 3. The highest BCUT2D eigenvalue weighted by molar-refractivity contribution is 5.51. The Balaban J connectivity index is 1.82. The average molecular weight is 289 g/mol. The number of para-hydroxylation sites is 4. The van der Waals surface area contributed by atoms with Gasteiger partial charge in [0.25, 0.3) is 0 Å². The van der Waals surface area contributed by atoms with Crippen molar-refractivity contribution in [1.29, 1.82) is 0 Å². The van der Waals surface area contributed by atoms with Crippen LogP contribution < -0.4 is 19.9 Å². The molecule has 0 fully saturated rings. The first-order chi connectivity index (χ1) is 10.2. The Morgan fingerprint density at radius 3 is 2.05 bits per heavy atom. The zero-order valence-electron chi connectivity index (χ0n) is 11.9. The number of methoxy groups -OCH3 is 1. The van der Waals surface area contributed by atoms with Crippen LogP contribution in [0.15, 0.2) is 48.5 Å². The SMILES string of the molecule is COc1ccccc1OCC(O)COc1ccccc1N. The van der Waals surface area contributed by atoms with Crippen LogP contribution in [0.4, 0.5) is 5.69 Å². The third-order valence-corrected chi connectivity index (χ3v) is 2.85. The molecule has 0 saturated heterocycles. The molecule has 0 radical (unpaired) electrons. The molecule has 2 aromatic carbocycles. The van der Waals surface area contributed by atoms with Crippen LogP contribution in [-0.4, -0.2) is 31.5 Å². The molecule has 0 heterocycles. The van der Waals surface area contributed by atoms with E-state index in [2.05, 4.69) is 0 Å². The molecule has 5 nitrogen and oxygen atoms in total. The highest BCUT2D eigenvalue weighted by Gasteiger charge is 2.10. The van der Waals surface area contributed by atoms with Gasteiger partial charge in [0.1, 0.15) is 25.1 Å². The molecule has 21 heavy (non-hydrogen) atoms. The average Bonchev–Trinajstić information content (AvgIpc) is 2.52. The van der Waals surface area contributed by atoms with E-state index in [0.717, 1.165) is 0 Å². The molecule has 2 rings (SSSR count). The maximum absolute atomic E-state index is 9.89. The van der Waals surface area contributed by atoms with Gasteiger partial charge in [0.05, 0.1) is 12.8 Å². The molecular weight excluding hydrogens is 270 g/mol. The minimum Gasteiger partial charge on any atom is -0.493 e. The minimum absolute atomic E-state index is 0.101. The van der Waals surface area contributed by atoms with E-state index >= 15 is 0 Å². The fourth-order valence-corrected chi connectivity index (χ4v) is 1.77. The summed E-state index contributed by atoms with van der Waals surface area (Å²) in [6, 6.07) is 14.4. The van der Waals surface area contributed by atoms with Gasteiger partial charge in [-0.15, -0.1) is 0 Å². The Hall–Kier alpha value is -2.40. The van der Waals surface area contributed by atoms with Gasteiger partial charge in [-0.2, -0.15) is 0 Å². The molecule has 1 unspecified atom stereocenters. The topological polar surface area (TPSA) is 73.9 Å².